The van der Waals surface area contributed by atoms with E-state index in [4.69, 9.17) is 4.42 Å². The predicted molar refractivity (Wildman–Crippen MR) is 226 cm³/mol. The van der Waals surface area contributed by atoms with Crippen molar-refractivity contribution >= 4 is 82.7 Å². The molecule has 0 amide bonds. The van der Waals surface area contributed by atoms with Gasteiger partial charge in [-0.3, -0.25) is 0 Å². The van der Waals surface area contributed by atoms with Crippen molar-refractivity contribution in [2.75, 3.05) is 10.2 Å². The van der Waals surface area contributed by atoms with Gasteiger partial charge in [-0.2, -0.15) is 0 Å². The molecule has 0 bridgehead atoms. The number of fused-ring (bicyclic) bond motifs is 3. The highest BCUT2D eigenvalue weighted by Crippen LogP contribution is 2.49. The Morgan fingerprint density at radius 2 is 1.09 bits per heavy atom. The number of aryl methyl sites for hydroxylation is 4. The summed E-state index contributed by atoms with van der Waals surface area (Å²) in [5.41, 5.74) is 14.4. The molecule has 0 fully saturated rings. The summed E-state index contributed by atoms with van der Waals surface area (Å²) < 4.78 is 7.03. The number of rotatable bonds is 6. The molecule has 1 N–H and O–H groups in total. The van der Waals surface area contributed by atoms with Gasteiger partial charge in [0, 0.05) is 44.2 Å². The average Bonchev–Trinajstić information content (AvgIpc) is 3.58. The minimum Gasteiger partial charge on any atom is -0.453 e. The van der Waals surface area contributed by atoms with Crippen molar-refractivity contribution in [1.29, 1.82) is 0 Å². The number of para-hydroxylation sites is 2. The molecule has 0 aliphatic carbocycles. The van der Waals surface area contributed by atoms with Gasteiger partial charge in [0.25, 0.3) is 0 Å². The van der Waals surface area contributed by atoms with Crippen molar-refractivity contribution in [3.05, 3.63) is 174 Å². The zero-order chi connectivity index (χ0) is 35.8. The van der Waals surface area contributed by atoms with E-state index in [0.29, 0.717) is 0 Å². The van der Waals surface area contributed by atoms with Gasteiger partial charge in [0.05, 0.1) is 11.4 Å². The highest BCUT2D eigenvalue weighted by Gasteiger charge is 2.24. The lowest BCUT2D eigenvalue weighted by molar-refractivity contribution is 0.670. The molecule has 10 aromatic rings. The molecule has 3 nitrogen and oxygen atoms in total. The van der Waals surface area contributed by atoms with Crippen molar-refractivity contribution in [3.8, 4) is 11.1 Å². The summed E-state index contributed by atoms with van der Waals surface area (Å²) in [7, 11) is 0. The Labute approximate surface area is 309 Å². The van der Waals surface area contributed by atoms with Gasteiger partial charge in [0.15, 0.2) is 5.58 Å². The minimum absolute atomic E-state index is 0.873. The summed E-state index contributed by atoms with van der Waals surface area (Å²) in [5.74, 6) is 0. The van der Waals surface area contributed by atoms with Crippen molar-refractivity contribution in [2.24, 2.45) is 0 Å². The molecule has 1 heterocycles. The molecule has 0 spiro atoms. The van der Waals surface area contributed by atoms with Crippen LogP contribution in [0, 0.1) is 27.7 Å². The third-order valence-electron chi connectivity index (χ3n) is 11.0. The second kappa shape index (κ2) is 12.0. The van der Waals surface area contributed by atoms with E-state index >= 15 is 0 Å². The maximum absolute atomic E-state index is 7.03. The van der Waals surface area contributed by atoms with Gasteiger partial charge in [0.1, 0.15) is 5.58 Å². The van der Waals surface area contributed by atoms with E-state index < -0.39 is 0 Å². The first kappa shape index (κ1) is 31.2. The predicted octanol–water partition coefficient (Wildman–Crippen LogP) is 14.6. The van der Waals surface area contributed by atoms with Crippen molar-refractivity contribution < 1.29 is 4.42 Å². The van der Waals surface area contributed by atoms with E-state index in [2.05, 4.69) is 190 Å². The maximum Gasteiger partial charge on any atom is 0.159 e. The molecule has 3 heteroatoms. The third kappa shape index (κ3) is 4.96. The third-order valence-corrected chi connectivity index (χ3v) is 11.0. The van der Waals surface area contributed by atoms with Gasteiger partial charge in [0.2, 0.25) is 0 Å². The fourth-order valence-electron chi connectivity index (χ4n) is 8.28. The molecule has 0 aliphatic rings. The van der Waals surface area contributed by atoms with Crippen LogP contribution in [0.15, 0.2) is 156 Å². The van der Waals surface area contributed by atoms with Crippen LogP contribution < -0.4 is 10.2 Å². The zero-order valence-electron chi connectivity index (χ0n) is 30.3. The first-order valence-corrected chi connectivity index (χ1v) is 18.3. The van der Waals surface area contributed by atoms with E-state index in [1.54, 1.807) is 0 Å². The molecule has 0 aliphatic heterocycles. The summed E-state index contributed by atoms with van der Waals surface area (Å²) in [6, 6.07) is 55.1. The lowest BCUT2D eigenvalue weighted by atomic mass is 9.92. The molecule has 0 atom stereocenters. The van der Waals surface area contributed by atoms with Gasteiger partial charge in [-0.1, -0.05) is 121 Å². The van der Waals surface area contributed by atoms with Crippen LogP contribution in [0.4, 0.5) is 28.4 Å². The molecule has 0 saturated heterocycles. The standard InChI is InChI=1S/C50H38N2O/c1-30-16-18-32(3)43(28-30)51-42-26-22-35-21-25-41-44(27-23-36-20-24-40(42)47(35)48(36)41)52(46-29-31(2)17-19-33(46)4)45-15-9-14-39-38-13-8-12-37(49(38)53-50(39)45)34-10-6-5-7-11-34/h5-29,51H,1-4H3. The van der Waals surface area contributed by atoms with E-state index in [9.17, 15) is 0 Å². The molecule has 0 radical (unpaired) electrons. The van der Waals surface area contributed by atoms with E-state index in [1.807, 2.05) is 0 Å². The number of furan rings is 1. The van der Waals surface area contributed by atoms with Crippen LogP contribution >= 0.6 is 0 Å². The summed E-state index contributed by atoms with van der Waals surface area (Å²) in [4.78, 5) is 2.43. The van der Waals surface area contributed by atoms with Crippen molar-refractivity contribution in [1.82, 2.24) is 0 Å². The van der Waals surface area contributed by atoms with Crippen LogP contribution in [0.5, 0.6) is 0 Å². The fraction of sp³-hybridized carbons (Fsp3) is 0.0800. The van der Waals surface area contributed by atoms with Crippen LogP contribution in [-0.4, -0.2) is 0 Å². The normalized spacial score (nSPS) is 11.8. The number of anilines is 5. The molecule has 0 unspecified atom stereocenters. The lowest BCUT2D eigenvalue weighted by Crippen LogP contribution is -2.12. The Balaban J connectivity index is 1.24. The molecule has 53 heavy (non-hydrogen) atoms. The van der Waals surface area contributed by atoms with Gasteiger partial charge in [-0.15, -0.1) is 0 Å². The van der Waals surface area contributed by atoms with Crippen LogP contribution in [-0.2, 0) is 0 Å². The Hall–Kier alpha value is -6.58. The average molecular weight is 683 g/mol. The highest BCUT2D eigenvalue weighted by atomic mass is 16.3. The summed E-state index contributed by atoms with van der Waals surface area (Å²) in [6.07, 6.45) is 0. The molecular weight excluding hydrogens is 645 g/mol. The number of nitrogens with one attached hydrogen (secondary N) is 1. The molecule has 10 rings (SSSR count). The zero-order valence-corrected chi connectivity index (χ0v) is 30.3. The fourth-order valence-corrected chi connectivity index (χ4v) is 8.28. The van der Waals surface area contributed by atoms with Crippen LogP contribution in [0.2, 0.25) is 0 Å². The SMILES string of the molecule is Cc1ccc(C)c(Nc2ccc3ccc4c(N(c5cc(C)ccc5C)c5cccc6c5oc5c(-c7ccccc7)cccc56)ccc5ccc2c3c54)c1. The number of hydrogen-bond acceptors (Lipinski definition) is 3. The second-order valence-electron chi connectivity index (χ2n) is 14.5. The highest BCUT2D eigenvalue weighted by molar-refractivity contribution is 6.28. The summed E-state index contributed by atoms with van der Waals surface area (Å²) in [6.45, 7) is 8.68. The number of hydrogen-bond donors (Lipinski definition) is 1. The van der Waals surface area contributed by atoms with Gasteiger partial charge in [-0.05, 0) is 107 Å². The van der Waals surface area contributed by atoms with Crippen LogP contribution in [0.1, 0.15) is 22.3 Å². The monoisotopic (exact) mass is 682 g/mol. The van der Waals surface area contributed by atoms with Gasteiger partial charge >= 0.3 is 0 Å². The Kier molecular flexibility index (Phi) is 7.06. The lowest BCUT2D eigenvalue weighted by Gasteiger charge is -2.29. The summed E-state index contributed by atoms with van der Waals surface area (Å²) in [5, 5.41) is 13.4. The number of nitrogens with zero attached hydrogens (tertiary/aromatic N) is 1. The topological polar surface area (TPSA) is 28.4 Å². The largest absolute Gasteiger partial charge is 0.453 e. The number of benzene rings is 9. The Morgan fingerprint density at radius 1 is 0.434 bits per heavy atom. The first-order chi connectivity index (χ1) is 25.9. The quantitative estimate of drug-likeness (QED) is 0.177. The minimum atomic E-state index is 0.873. The van der Waals surface area contributed by atoms with E-state index in [-0.39, 0.29) is 0 Å². The van der Waals surface area contributed by atoms with Gasteiger partial charge in [-0.25, -0.2) is 0 Å². The van der Waals surface area contributed by atoms with Crippen molar-refractivity contribution in [2.45, 2.75) is 27.7 Å². The maximum atomic E-state index is 7.03. The molecule has 1 aromatic heterocycles. The molecule has 0 saturated carbocycles. The molecule has 254 valence electrons. The van der Waals surface area contributed by atoms with Crippen molar-refractivity contribution in [3.63, 3.8) is 0 Å². The van der Waals surface area contributed by atoms with E-state index in [1.165, 1.54) is 54.6 Å². The summed E-state index contributed by atoms with van der Waals surface area (Å²) >= 11 is 0. The smallest absolute Gasteiger partial charge is 0.159 e. The van der Waals surface area contributed by atoms with Crippen LogP contribution in [0.3, 0.4) is 0 Å². The second-order valence-corrected chi connectivity index (χ2v) is 14.5. The van der Waals surface area contributed by atoms with Gasteiger partial charge < -0.3 is 14.6 Å². The Morgan fingerprint density at radius 3 is 1.91 bits per heavy atom. The Bertz CT molecular complexity index is 3030. The van der Waals surface area contributed by atoms with E-state index in [0.717, 1.165) is 61.5 Å². The molecule has 9 aromatic carbocycles. The first-order valence-electron chi connectivity index (χ1n) is 18.3. The molecular formula is C50H38N2O. The van der Waals surface area contributed by atoms with Crippen LogP contribution in [0.25, 0.3) is 65.4 Å².